The lowest BCUT2D eigenvalue weighted by molar-refractivity contribution is -0.689. The zero-order chi connectivity index (χ0) is 13.8. The third-order valence-electron chi connectivity index (χ3n) is 3.13. The van der Waals surface area contributed by atoms with E-state index in [1.165, 1.54) is 5.56 Å². The summed E-state index contributed by atoms with van der Waals surface area (Å²) in [5.74, 6) is 0. The summed E-state index contributed by atoms with van der Waals surface area (Å²) < 4.78 is 3.95. The molecule has 0 radical (unpaired) electrons. The second-order valence-electron chi connectivity index (χ2n) is 4.69. The van der Waals surface area contributed by atoms with E-state index in [0.29, 0.717) is 6.54 Å². The molecule has 1 aromatic heterocycles. The third-order valence-corrected chi connectivity index (χ3v) is 3.50. The van der Waals surface area contributed by atoms with Crippen LogP contribution in [0, 0.1) is 0 Å². The fourth-order valence-corrected chi connectivity index (χ4v) is 2.32. The lowest BCUT2D eigenvalue weighted by Gasteiger charge is -1.99. The molecule has 0 fully saturated rings. The fourth-order valence-electron chi connectivity index (χ4n) is 2.12. The van der Waals surface area contributed by atoms with Crippen LogP contribution in [0.25, 0.3) is 0 Å². The highest BCUT2D eigenvalue weighted by Crippen LogP contribution is 2.15. The molecule has 3 nitrogen and oxygen atoms in total. The van der Waals surface area contributed by atoms with Crippen LogP contribution in [0.5, 0.6) is 0 Å². The Bertz CT molecular complexity index is 692. The number of hydrogen-bond donors (Lipinski definition) is 0. The highest BCUT2D eigenvalue weighted by Gasteiger charge is 2.09. The Morgan fingerprint density at radius 3 is 2.55 bits per heavy atom. The van der Waals surface area contributed by atoms with Gasteiger partial charge in [0.05, 0.1) is 6.54 Å². The van der Waals surface area contributed by atoms with E-state index >= 15 is 0 Å². The van der Waals surface area contributed by atoms with Crippen LogP contribution in [-0.4, -0.2) is 9.78 Å². The molecule has 3 rings (SSSR count). The first-order valence-electron chi connectivity index (χ1n) is 6.50. The smallest absolute Gasteiger partial charge is 0.233 e. The van der Waals surface area contributed by atoms with Gasteiger partial charge in [-0.3, -0.25) is 0 Å². The Morgan fingerprint density at radius 2 is 1.75 bits per heavy atom. The van der Waals surface area contributed by atoms with E-state index in [-0.39, 0.29) is 0 Å². The molecule has 0 amide bonds. The number of hydrogen-bond acceptors (Lipinski definition) is 1. The molecule has 0 aliphatic carbocycles. The van der Waals surface area contributed by atoms with Crippen LogP contribution in [0.1, 0.15) is 11.1 Å². The summed E-state index contributed by atoms with van der Waals surface area (Å²) in [5.41, 5.74) is 2.33. The van der Waals surface area contributed by atoms with Gasteiger partial charge in [-0.2, -0.15) is 0 Å². The average molecular weight is 285 g/mol. The molecule has 0 unspecified atom stereocenters. The lowest BCUT2D eigenvalue weighted by atomic mass is 10.2. The SMILES string of the molecule is Clc1ccccc1Cn1c[n+](Cc2ccccc2)cn1. The van der Waals surface area contributed by atoms with Crippen molar-refractivity contribution in [2.75, 3.05) is 0 Å². The van der Waals surface area contributed by atoms with Crippen molar-refractivity contribution in [3.8, 4) is 0 Å². The van der Waals surface area contributed by atoms with Crippen LogP contribution >= 0.6 is 11.6 Å². The average Bonchev–Trinajstić information content (AvgIpc) is 2.90. The van der Waals surface area contributed by atoms with Gasteiger partial charge in [0, 0.05) is 15.7 Å². The maximum absolute atomic E-state index is 6.16. The molecule has 100 valence electrons. The molecular formula is C16H15ClN3+. The normalized spacial score (nSPS) is 10.7. The maximum atomic E-state index is 6.16. The summed E-state index contributed by atoms with van der Waals surface area (Å²) >= 11 is 6.16. The van der Waals surface area contributed by atoms with Crippen LogP contribution in [0.4, 0.5) is 0 Å². The second kappa shape index (κ2) is 5.88. The fraction of sp³-hybridized carbons (Fsp3) is 0.125. The Balaban J connectivity index is 1.73. The van der Waals surface area contributed by atoms with E-state index in [1.807, 2.05) is 59.8 Å². The lowest BCUT2D eigenvalue weighted by Crippen LogP contribution is -2.31. The summed E-state index contributed by atoms with van der Waals surface area (Å²) in [6, 6.07) is 18.2. The highest BCUT2D eigenvalue weighted by atomic mass is 35.5. The molecule has 0 spiro atoms. The molecule has 0 N–H and O–H groups in total. The standard InChI is InChI=1S/C16H15ClN3/c17-16-9-5-4-8-15(16)11-20-13-19(12-18-20)10-14-6-2-1-3-7-14/h1-9,12-13H,10-11H2/q+1. The first kappa shape index (κ1) is 12.9. The monoisotopic (exact) mass is 284 g/mol. The van der Waals surface area contributed by atoms with Crippen molar-refractivity contribution in [3.05, 3.63) is 83.4 Å². The van der Waals surface area contributed by atoms with Gasteiger partial charge in [0.25, 0.3) is 6.33 Å². The van der Waals surface area contributed by atoms with E-state index in [4.69, 9.17) is 11.6 Å². The van der Waals surface area contributed by atoms with Gasteiger partial charge in [-0.1, -0.05) is 60.1 Å². The third kappa shape index (κ3) is 3.06. The molecule has 20 heavy (non-hydrogen) atoms. The van der Waals surface area contributed by atoms with Crippen molar-refractivity contribution in [1.29, 1.82) is 0 Å². The summed E-state index contributed by atoms with van der Waals surface area (Å²) in [7, 11) is 0. The largest absolute Gasteiger partial charge is 0.265 e. The van der Waals surface area contributed by atoms with Gasteiger partial charge in [0.1, 0.15) is 6.54 Å². The molecule has 3 aromatic rings. The summed E-state index contributed by atoms with van der Waals surface area (Å²) in [4.78, 5) is 0. The van der Waals surface area contributed by atoms with Gasteiger partial charge < -0.3 is 0 Å². The topological polar surface area (TPSA) is 21.7 Å². The Hall–Kier alpha value is -2.13. The second-order valence-corrected chi connectivity index (χ2v) is 5.10. The molecule has 0 aliphatic heterocycles. The first-order chi connectivity index (χ1) is 9.81. The first-order valence-corrected chi connectivity index (χ1v) is 6.88. The number of rotatable bonds is 4. The molecule has 0 aliphatic rings. The van der Waals surface area contributed by atoms with Crippen molar-refractivity contribution in [3.63, 3.8) is 0 Å². The van der Waals surface area contributed by atoms with E-state index < -0.39 is 0 Å². The van der Waals surface area contributed by atoms with Gasteiger partial charge in [-0.25, -0.2) is 4.57 Å². The number of halogens is 1. The van der Waals surface area contributed by atoms with Crippen molar-refractivity contribution in [2.24, 2.45) is 0 Å². The van der Waals surface area contributed by atoms with Gasteiger partial charge >= 0.3 is 0 Å². The summed E-state index contributed by atoms with van der Waals surface area (Å²) in [6.45, 7) is 1.50. The van der Waals surface area contributed by atoms with Crippen molar-refractivity contribution in [1.82, 2.24) is 9.78 Å². The minimum absolute atomic E-state index is 0.682. The zero-order valence-corrected chi connectivity index (χ0v) is 11.7. The van der Waals surface area contributed by atoms with Crippen LogP contribution < -0.4 is 4.57 Å². The van der Waals surface area contributed by atoms with E-state index in [1.54, 1.807) is 0 Å². The maximum Gasteiger partial charge on any atom is 0.265 e. The predicted molar refractivity (Wildman–Crippen MR) is 78.5 cm³/mol. The van der Waals surface area contributed by atoms with Gasteiger partial charge in [-0.15, -0.1) is 4.68 Å². The van der Waals surface area contributed by atoms with Gasteiger partial charge in [-0.05, 0) is 11.6 Å². The van der Waals surface area contributed by atoms with Crippen LogP contribution in [0.15, 0.2) is 67.3 Å². The Kier molecular flexibility index (Phi) is 3.79. The van der Waals surface area contributed by atoms with Crippen LogP contribution in [0.2, 0.25) is 5.02 Å². The van der Waals surface area contributed by atoms with Gasteiger partial charge in [0.2, 0.25) is 6.33 Å². The number of nitrogens with zero attached hydrogens (tertiary/aromatic N) is 3. The van der Waals surface area contributed by atoms with Crippen LogP contribution in [-0.2, 0) is 13.1 Å². The quantitative estimate of drug-likeness (QED) is 0.675. The molecule has 4 heteroatoms. The van der Waals surface area contributed by atoms with E-state index in [9.17, 15) is 0 Å². The van der Waals surface area contributed by atoms with E-state index in [2.05, 4.69) is 21.8 Å². The highest BCUT2D eigenvalue weighted by molar-refractivity contribution is 6.31. The minimum atomic E-state index is 0.682. The van der Waals surface area contributed by atoms with Crippen molar-refractivity contribution < 1.29 is 4.57 Å². The van der Waals surface area contributed by atoms with E-state index in [0.717, 1.165) is 17.1 Å². The molecule has 2 aromatic carbocycles. The summed E-state index contributed by atoms with van der Waals surface area (Å²) in [5, 5.41) is 5.15. The molecule has 1 heterocycles. The number of benzene rings is 2. The Labute approximate surface area is 123 Å². The predicted octanol–water partition coefficient (Wildman–Crippen LogP) is 2.92. The van der Waals surface area contributed by atoms with Crippen LogP contribution in [0.3, 0.4) is 0 Å². The summed E-state index contributed by atoms with van der Waals surface area (Å²) in [6.07, 6.45) is 3.83. The van der Waals surface area contributed by atoms with Crippen molar-refractivity contribution >= 4 is 11.6 Å². The molecule has 0 saturated heterocycles. The van der Waals surface area contributed by atoms with Gasteiger partial charge in [0.15, 0.2) is 0 Å². The van der Waals surface area contributed by atoms with Crippen molar-refractivity contribution in [2.45, 2.75) is 13.1 Å². The molecule has 0 bridgehead atoms. The zero-order valence-electron chi connectivity index (χ0n) is 11.0. The molecule has 0 atom stereocenters. The molecule has 0 saturated carbocycles. The number of aromatic nitrogens is 3. The Morgan fingerprint density at radius 1 is 1.00 bits per heavy atom. The molecular weight excluding hydrogens is 270 g/mol. The minimum Gasteiger partial charge on any atom is -0.233 e.